The number of ether oxygens (including phenoxy) is 3. The Bertz CT molecular complexity index is 1580. The van der Waals surface area contributed by atoms with Gasteiger partial charge in [-0.05, 0) is 77.0 Å². The second-order valence-corrected chi connectivity index (χ2v) is 19.4. The second-order valence-electron chi connectivity index (χ2n) is 16.8. The highest BCUT2D eigenvalue weighted by molar-refractivity contribution is 7.47. The van der Waals surface area contributed by atoms with Gasteiger partial charge in [-0.1, -0.05) is 126 Å². The number of epoxide rings is 1. The number of phosphoric acid groups is 2. The zero-order valence-corrected chi connectivity index (χ0v) is 40.8. The second kappa shape index (κ2) is 34.9. The third kappa shape index (κ3) is 28.2. The van der Waals surface area contributed by atoms with Gasteiger partial charge in [0, 0.05) is 12.8 Å². The van der Waals surface area contributed by atoms with Gasteiger partial charge >= 0.3 is 27.6 Å². The first-order valence-corrected chi connectivity index (χ1v) is 27.0. The van der Waals surface area contributed by atoms with Gasteiger partial charge in [-0.25, -0.2) is 9.13 Å². The van der Waals surface area contributed by atoms with E-state index in [1.165, 1.54) is 19.3 Å². The average Bonchev–Trinajstić information content (AvgIpc) is 4.03. The molecule has 10 atom stereocenters. The van der Waals surface area contributed by atoms with Crippen LogP contribution in [0.5, 0.6) is 0 Å². The van der Waals surface area contributed by atoms with Crippen LogP contribution in [-0.2, 0) is 46.5 Å². The van der Waals surface area contributed by atoms with Crippen LogP contribution >= 0.6 is 15.6 Å². The predicted octanol–water partition coefficient (Wildman–Crippen LogP) is 8.05. The van der Waals surface area contributed by atoms with Crippen molar-refractivity contribution in [2.24, 2.45) is 0 Å². The van der Waals surface area contributed by atoms with Crippen molar-refractivity contribution in [3.63, 3.8) is 0 Å². The van der Waals surface area contributed by atoms with E-state index >= 15 is 0 Å². The van der Waals surface area contributed by atoms with E-state index in [1.807, 2.05) is 0 Å². The lowest BCUT2D eigenvalue weighted by atomic mass is 9.85. The van der Waals surface area contributed by atoms with Crippen LogP contribution in [0.2, 0.25) is 0 Å². The molecule has 66 heavy (non-hydrogen) atoms. The number of carbonyl (C=O) groups excluding carboxylic acids is 2. The highest BCUT2D eigenvalue weighted by Gasteiger charge is 2.54. The summed E-state index contributed by atoms with van der Waals surface area (Å²) in [5.41, 5.74) is 0. The SMILES string of the molecule is CC/C=C\C/C=C\C/C=C\C/C=C\CCCCCCC(=O)O[C@H](COC(=O)CCCCCCCC1OC1C/C=C\CCCCC)COP(=O)(O)O[C@H]1C(O)C(O)C(O)[C@@H](OP(=O)(O)O)C1O. The fraction of sp³-hybridized carbons (Fsp3) is 0.745. The molecular weight excluding hydrogens is 898 g/mol. The summed E-state index contributed by atoms with van der Waals surface area (Å²) in [7, 11) is -10.7. The molecule has 0 aromatic heterocycles. The molecule has 2 fully saturated rings. The number of aliphatic hydroxyl groups excluding tert-OH is 4. The van der Waals surface area contributed by atoms with Crippen molar-refractivity contribution in [1.29, 1.82) is 0 Å². The third-order valence-corrected chi connectivity index (χ3v) is 12.5. The van der Waals surface area contributed by atoms with Crippen LogP contribution in [0.1, 0.15) is 155 Å². The van der Waals surface area contributed by atoms with Gasteiger partial charge in [0.15, 0.2) is 6.10 Å². The molecule has 0 aromatic carbocycles. The minimum absolute atomic E-state index is 0.00698. The van der Waals surface area contributed by atoms with Crippen LogP contribution in [0, 0.1) is 0 Å². The summed E-state index contributed by atoms with van der Waals surface area (Å²) in [5.74, 6) is -1.26. The van der Waals surface area contributed by atoms with Gasteiger partial charge in [0.25, 0.3) is 0 Å². The highest BCUT2D eigenvalue weighted by atomic mass is 31.2. The van der Waals surface area contributed by atoms with Crippen LogP contribution in [0.4, 0.5) is 0 Å². The summed E-state index contributed by atoms with van der Waals surface area (Å²) < 4.78 is 55.2. The number of esters is 2. The van der Waals surface area contributed by atoms with Crippen molar-refractivity contribution in [2.45, 2.75) is 210 Å². The van der Waals surface area contributed by atoms with Gasteiger partial charge in [0.1, 0.15) is 43.2 Å². The molecular formula is C47H80O17P2. The molecule has 1 saturated heterocycles. The van der Waals surface area contributed by atoms with E-state index in [-0.39, 0.29) is 12.8 Å². The molecule has 1 aliphatic heterocycles. The van der Waals surface area contributed by atoms with Crippen molar-refractivity contribution in [3.05, 3.63) is 60.8 Å². The lowest BCUT2D eigenvalue weighted by molar-refractivity contribution is -0.216. The Morgan fingerprint density at radius 1 is 0.576 bits per heavy atom. The number of carbonyl (C=O) groups is 2. The molecule has 2 rings (SSSR count). The molecule has 0 spiro atoms. The number of hydrogen-bond acceptors (Lipinski definition) is 14. The molecule has 1 saturated carbocycles. The Hall–Kier alpha value is -2.34. The van der Waals surface area contributed by atoms with Crippen LogP contribution in [0.15, 0.2) is 60.8 Å². The first kappa shape index (κ1) is 59.8. The van der Waals surface area contributed by atoms with Gasteiger partial charge < -0.3 is 49.3 Å². The zero-order chi connectivity index (χ0) is 48.6. The fourth-order valence-electron chi connectivity index (χ4n) is 7.20. The standard InChI is InChI=1S/C47H80O17P2/c1-3-5-7-9-11-12-13-14-15-16-17-18-19-20-21-25-30-34-41(49)61-37(36-60-66(57,58)64-47-44(52)42(50)43(51)46(45(47)53)63-65(54,55)56)35-59-40(48)33-29-26-22-24-28-32-39-38(62-39)31-27-23-10-8-6-4-2/h5,7,11-12,14-15,17-18,23,27,37-39,42-47,50-53H,3-4,6,8-10,13,16,19-22,24-26,28-36H2,1-2H3,(H,57,58)(H2,54,55,56)/b7-5-,12-11-,15-14-,18-17-,27-23-/t37-,38?,39?,42?,43?,44?,45?,46-,47+/m1/s1. The maximum atomic E-state index is 13.0. The van der Waals surface area contributed by atoms with Crippen molar-refractivity contribution < 1.29 is 81.6 Å². The van der Waals surface area contributed by atoms with Gasteiger partial charge in [-0.2, -0.15) is 0 Å². The summed E-state index contributed by atoms with van der Waals surface area (Å²) in [5, 5.41) is 41.3. The lowest BCUT2D eigenvalue weighted by Crippen LogP contribution is -2.64. The maximum absolute atomic E-state index is 13.0. The van der Waals surface area contributed by atoms with Crippen LogP contribution < -0.4 is 0 Å². The summed E-state index contributed by atoms with van der Waals surface area (Å²) in [6, 6.07) is 0. The molecule has 380 valence electrons. The van der Waals surface area contributed by atoms with Gasteiger partial charge in [-0.15, -0.1) is 0 Å². The van der Waals surface area contributed by atoms with E-state index in [2.05, 4.69) is 79.1 Å². The molecule has 0 bridgehead atoms. The molecule has 7 N–H and O–H groups in total. The molecule has 17 nitrogen and oxygen atoms in total. The Morgan fingerprint density at radius 2 is 1.11 bits per heavy atom. The summed E-state index contributed by atoms with van der Waals surface area (Å²) in [4.78, 5) is 54.4. The molecule has 0 radical (unpaired) electrons. The molecule has 7 unspecified atom stereocenters. The summed E-state index contributed by atoms with van der Waals surface area (Å²) in [6.07, 6.45) is 26.2. The van der Waals surface area contributed by atoms with E-state index < -0.39 is 83.5 Å². The number of phosphoric ester groups is 2. The Labute approximate surface area is 392 Å². The van der Waals surface area contributed by atoms with Crippen molar-refractivity contribution in [3.8, 4) is 0 Å². The zero-order valence-electron chi connectivity index (χ0n) is 39.0. The summed E-state index contributed by atoms with van der Waals surface area (Å²) in [6.45, 7) is 2.92. The van der Waals surface area contributed by atoms with Crippen LogP contribution in [0.3, 0.4) is 0 Å². The first-order valence-electron chi connectivity index (χ1n) is 24.0. The molecule has 1 heterocycles. The summed E-state index contributed by atoms with van der Waals surface area (Å²) >= 11 is 0. The quantitative estimate of drug-likeness (QED) is 0.0101. The van der Waals surface area contributed by atoms with Crippen LogP contribution in [0.25, 0.3) is 0 Å². The molecule has 1 aliphatic carbocycles. The topological polar surface area (TPSA) is 269 Å². The number of aliphatic hydroxyl groups is 4. The Balaban J connectivity index is 1.81. The molecule has 0 amide bonds. The van der Waals surface area contributed by atoms with Crippen molar-refractivity contribution >= 4 is 27.6 Å². The Morgan fingerprint density at radius 3 is 1.73 bits per heavy atom. The van der Waals surface area contributed by atoms with E-state index in [9.17, 15) is 53.8 Å². The molecule has 19 heteroatoms. The van der Waals surface area contributed by atoms with Crippen LogP contribution in [-0.4, -0.2) is 115 Å². The normalized spacial score (nSPS) is 25.1. The Kier molecular flexibility index (Phi) is 31.6. The number of unbranched alkanes of at least 4 members (excludes halogenated alkanes) is 11. The van der Waals surface area contributed by atoms with E-state index in [1.54, 1.807) is 0 Å². The fourth-order valence-corrected chi connectivity index (χ4v) is 8.74. The lowest BCUT2D eigenvalue weighted by Gasteiger charge is -2.43. The minimum Gasteiger partial charge on any atom is -0.462 e. The molecule has 2 aliphatic rings. The van der Waals surface area contributed by atoms with Gasteiger partial charge in [-0.3, -0.25) is 23.2 Å². The van der Waals surface area contributed by atoms with Gasteiger partial charge in [0.05, 0.1) is 18.8 Å². The van der Waals surface area contributed by atoms with E-state index in [0.29, 0.717) is 25.0 Å². The predicted molar refractivity (Wildman–Crippen MR) is 250 cm³/mol. The van der Waals surface area contributed by atoms with E-state index in [0.717, 1.165) is 96.3 Å². The number of rotatable bonds is 38. The first-order chi connectivity index (χ1) is 31.6. The van der Waals surface area contributed by atoms with Crippen molar-refractivity contribution in [2.75, 3.05) is 13.2 Å². The monoisotopic (exact) mass is 978 g/mol. The highest BCUT2D eigenvalue weighted by Crippen LogP contribution is 2.49. The smallest absolute Gasteiger partial charge is 0.462 e. The van der Waals surface area contributed by atoms with Crippen molar-refractivity contribution in [1.82, 2.24) is 0 Å². The minimum atomic E-state index is -5.37. The maximum Gasteiger partial charge on any atom is 0.472 e. The number of hydrogen-bond donors (Lipinski definition) is 7. The third-order valence-electron chi connectivity index (χ3n) is 11.0. The largest absolute Gasteiger partial charge is 0.472 e. The van der Waals surface area contributed by atoms with E-state index in [4.69, 9.17) is 23.3 Å². The average molecular weight is 979 g/mol. The van der Waals surface area contributed by atoms with Gasteiger partial charge in [0.2, 0.25) is 0 Å². The number of allylic oxidation sites excluding steroid dienone is 9. The molecule has 0 aromatic rings.